The van der Waals surface area contributed by atoms with Gasteiger partial charge in [-0.05, 0) is 35.6 Å². The highest BCUT2D eigenvalue weighted by atomic mass is 35.5. The van der Waals surface area contributed by atoms with E-state index >= 15 is 0 Å². The Balaban J connectivity index is 0.00000112. The van der Waals surface area contributed by atoms with Crippen LogP contribution in [-0.4, -0.2) is 11.3 Å². The van der Waals surface area contributed by atoms with E-state index in [9.17, 15) is 4.79 Å². The number of rotatable bonds is 3. The Kier molecular flexibility index (Phi) is 6.16. The summed E-state index contributed by atoms with van der Waals surface area (Å²) in [7, 11) is 0. The smallest absolute Gasteiger partial charge is 0.123 e. The molecule has 0 aliphatic rings. The molecule has 1 atom stereocenters. The molecule has 4 heteroatoms. The average Bonchev–Trinajstić information content (AvgIpc) is 2.64. The number of carbonyl (C=O) groups excluding carboxylic acids is 1. The van der Waals surface area contributed by atoms with Crippen molar-refractivity contribution in [3.63, 3.8) is 0 Å². The summed E-state index contributed by atoms with van der Waals surface area (Å²) in [4.78, 5) is 13.7. The molecule has 0 fully saturated rings. The van der Waals surface area contributed by atoms with Crippen LogP contribution in [0.15, 0.2) is 30.5 Å². The van der Waals surface area contributed by atoms with Gasteiger partial charge in [-0.25, -0.2) is 0 Å². The summed E-state index contributed by atoms with van der Waals surface area (Å²) >= 11 is 0. The van der Waals surface area contributed by atoms with Crippen LogP contribution in [0.2, 0.25) is 0 Å². The number of fused-ring (bicyclic) bond motifs is 1. The van der Waals surface area contributed by atoms with Gasteiger partial charge in [0.15, 0.2) is 0 Å². The molecular weight excluding hydrogens is 245 g/mol. The van der Waals surface area contributed by atoms with Crippen LogP contribution >= 0.6 is 24.8 Å². The van der Waals surface area contributed by atoms with Gasteiger partial charge in [0, 0.05) is 17.6 Å². The fraction of sp³-hybridized carbons (Fsp3) is 0.250. The topological polar surface area (TPSA) is 32.9 Å². The summed E-state index contributed by atoms with van der Waals surface area (Å²) in [5, 5.41) is 1.21. The van der Waals surface area contributed by atoms with E-state index in [4.69, 9.17) is 0 Å². The molecule has 2 rings (SSSR count). The van der Waals surface area contributed by atoms with E-state index in [-0.39, 0.29) is 30.7 Å². The molecule has 1 aromatic heterocycles. The number of aromatic nitrogens is 1. The fourth-order valence-corrected chi connectivity index (χ4v) is 1.65. The number of benzene rings is 1. The zero-order chi connectivity index (χ0) is 9.97. The van der Waals surface area contributed by atoms with Crippen molar-refractivity contribution in [3.8, 4) is 0 Å². The van der Waals surface area contributed by atoms with Gasteiger partial charge in [-0.3, -0.25) is 0 Å². The molecule has 0 radical (unpaired) electrons. The standard InChI is InChI=1S/C12H13NO.2ClH/c1-9(8-14)6-10-2-3-12-11(7-10)4-5-13-12;;/h2-5,7-9,13H,6H2,1H3;2*1H. The third kappa shape index (κ3) is 3.26. The number of carbonyl (C=O) groups is 1. The molecule has 1 unspecified atom stereocenters. The number of aldehydes is 1. The van der Waals surface area contributed by atoms with E-state index in [2.05, 4.69) is 23.2 Å². The van der Waals surface area contributed by atoms with Gasteiger partial charge in [-0.2, -0.15) is 0 Å². The first-order valence-electron chi connectivity index (χ1n) is 4.81. The molecule has 2 aromatic rings. The number of hydrogen-bond donors (Lipinski definition) is 1. The SMILES string of the molecule is CC(C=O)Cc1ccc2[nH]ccc2c1.Cl.Cl. The van der Waals surface area contributed by atoms with Crippen LogP contribution in [0.5, 0.6) is 0 Å². The maximum atomic E-state index is 10.5. The second kappa shape index (κ2) is 6.56. The van der Waals surface area contributed by atoms with Crippen molar-refractivity contribution >= 4 is 42.0 Å². The summed E-state index contributed by atoms with van der Waals surface area (Å²) in [5.74, 6) is 0.103. The van der Waals surface area contributed by atoms with Crippen LogP contribution in [0.25, 0.3) is 10.9 Å². The van der Waals surface area contributed by atoms with E-state index in [0.29, 0.717) is 0 Å². The van der Waals surface area contributed by atoms with Crippen molar-refractivity contribution in [2.45, 2.75) is 13.3 Å². The minimum absolute atomic E-state index is 0. The van der Waals surface area contributed by atoms with Crippen LogP contribution in [0, 0.1) is 5.92 Å². The lowest BCUT2D eigenvalue weighted by molar-refractivity contribution is -0.110. The molecule has 0 spiro atoms. The fourth-order valence-electron chi connectivity index (χ4n) is 1.65. The van der Waals surface area contributed by atoms with Gasteiger partial charge in [0.05, 0.1) is 0 Å². The van der Waals surface area contributed by atoms with Crippen molar-refractivity contribution in [2.24, 2.45) is 5.92 Å². The number of H-pyrrole nitrogens is 1. The molecule has 88 valence electrons. The van der Waals surface area contributed by atoms with Gasteiger partial charge < -0.3 is 9.78 Å². The van der Waals surface area contributed by atoms with Crippen molar-refractivity contribution < 1.29 is 4.79 Å². The van der Waals surface area contributed by atoms with Crippen molar-refractivity contribution in [2.75, 3.05) is 0 Å². The third-order valence-electron chi connectivity index (χ3n) is 2.41. The van der Waals surface area contributed by atoms with E-state index in [1.165, 1.54) is 10.9 Å². The van der Waals surface area contributed by atoms with Gasteiger partial charge in [-0.15, -0.1) is 24.8 Å². The highest BCUT2D eigenvalue weighted by Crippen LogP contribution is 2.16. The zero-order valence-corrected chi connectivity index (χ0v) is 10.6. The first kappa shape index (κ1) is 15.0. The molecule has 0 saturated carbocycles. The Morgan fingerprint density at radius 3 is 2.75 bits per heavy atom. The monoisotopic (exact) mass is 259 g/mol. The van der Waals surface area contributed by atoms with Gasteiger partial charge in [0.2, 0.25) is 0 Å². The summed E-state index contributed by atoms with van der Waals surface area (Å²) in [6.07, 6.45) is 3.75. The lowest BCUT2D eigenvalue weighted by atomic mass is 10.0. The average molecular weight is 260 g/mol. The Morgan fingerprint density at radius 2 is 2.06 bits per heavy atom. The quantitative estimate of drug-likeness (QED) is 0.843. The highest BCUT2D eigenvalue weighted by Gasteiger charge is 2.02. The second-order valence-electron chi connectivity index (χ2n) is 3.72. The van der Waals surface area contributed by atoms with Gasteiger partial charge in [-0.1, -0.05) is 13.0 Å². The lowest BCUT2D eigenvalue weighted by Crippen LogP contribution is -2.00. The first-order valence-corrected chi connectivity index (χ1v) is 4.81. The third-order valence-corrected chi connectivity index (χ3v) is 2.41. The van der Waals surface area contributed by atoms with Crippen LogP contribution in [0.3, 0.4) is 0 Å². The van der Waals surface area contributed by atoms with Gasteiger partial charge in [0.1, 0.15) is 6.29 Å². The molecule has 1 aromatic carbocycles. The molecule has 0 saturated heterocycles. The van der Waals surface area contributed by atoms with Crippen molar-refractivity contribution in [1.29, 1.82) is 0 Å². The predicted molar refractivity (Wildman–Crippen MR) is 71.7 cm³/mol. The largest absolute Gasteiger partial charge is 0.361 e. The summed E-state index contributed by atoms with van der Waals surface area (Å²) in [6, 6.07) is 8.30. The Bertz CT molecular complexity index is 453. The second-order valence-corrected chi connectivity index (χ2v) is 3.72. The summed E-state index contributed by atoms with van der Waals surface area (Å²) in [5.41, 5.74) is 2.37. The predicted octanol–water partition coefficient (Wildman–Crippen LogP) is 3.39. The molecule has 2 nitrogen and oxygen atoms in total. The van der Waals surface area contributed by atoms with Crippen molar-refractivity contribution in [1.82, 2.24) is 4.98 Å². The molecule has 16 heavy (non-hydrogen) atoms. The highest BCUT2D eigenvalue weighted by molar-refractivity contribution is 5.85. The molecule has 0 bridgehead atoms. The first-order chi connectivity index (χ1) is 6.79. The minimum Gasteiger partial charge on any atom is -0.361 e. The normalized spacial score (nSPS) is 11.3. The van der Waals surface area contributed by atoms with Crippen LogP contribution < -0.4 is 0 Å². The van der Waals surface area contributed by atoms with E-state index in [1.54, 1.807) is 0 Å². The lowest BCUT2D eigenvalue weighted by Gasteiger charge is -2.03. The molecular formula is C12H15Cl2NO. The molecule has 1 heterocycles. The van der Waals surface area contributed by atoms with Crippen LogP contribution in [0.1, 0.15) is 12.5 Å². The molecule has 1 N–H and O–H groups in total. The maximum Gasteiger partial charge on any atom is 0.123 e. The number of hydrogen-bond acceptors (Lipinski definition) is 1. The summed E-state index contributed by atoms with van der Waals surface area (Å²) < 4.78 is 0. The Labute approximate surface area is 107 Å². The number of aromatic amines is 1. The van der Waals surface area contributed by atoms with E-state index in [0.717, 1.165) is 18.2 Å². The van der Waals surface area contributed by atoms with Crippen molar-refractivity contribution in [3.05, 3.63) is 36.0 Å². The number of halogens is 2. The van der Waals surface area contributed by atoms with Crippen LogP contribution in [-0.2, 0) is 11.2 Å². The molecule has 0 aliphatic carbocycles. The van der Waals surface area contributed by atoms with Crippen LogP contribution in [0.4, 0.5) is 0 Å². The minimum atomic E-state index is 0. The zero-order valence-electron chi connectivity index (χ0n) is 8.97. The van der Waals surface area contributed by atoms with E-state index < -0.39 is 0 Å². The summed E-state index contributed by atoms with van der Waals surface area (Å²) in [6.45, 7) is 1.94. The van der Waals surface area contributed by atoms with E-state index in [1.807, 2.05) is 19.2 Å². The van der Waals surface area contributed by atoms with Gasteiger partial charge in [0.25, 0.3) is 0 Å². The number of nitrogens with one attached hydrogen (secondary N) is 1. The Hall–Kier alpha value is -0.990. The Morgan fingerprint density at radius 1 is 1.31 bits per heavy atom. The maximum absolute atomic E-state index is 10.5. The molecule has 0 amide bonds. The van der Waals surface area contributed by atoms with Gasteiger partial charge >= 0.3 is 0 Å². The molecule has 0 aliphatic heterocycles.